The second-order valence-electron chi connectivity index (χ2n) is 5.73. The molecule has 1 atom stereocenters. The number of hydrogen-bond donors (Lipinski definition) is 1. The molecule has 1 saturated carbocycles. The highest BCUT2D eigenvalue weighted by atomic mass is 16.5. The van der Waals surface area contributed by atoms with Gasteiger partial charge in [-0.05, 0) is 31.2 Å². The summed E-state index contributed by atoms with van der Waals surface area (Å²) in [5, 5.41) is 14.2. The number of aliphatic hydroxyl groups is 1. The van der Waals surface area contributed by atoms with Crippen molar-refractivity contribution in [3.63, 3.8) is 0 Å². The van der Waals surface area contributed by atoms with E-state index in [1.165, 1.54) is 0 Å². The average molecular weight is 288 g/mol. The van der Waals surface area contributed by atoms with Crippen molar-refractivity contribution in [2.24, 2.45) is 5.92 Å². The van der Waals surface area contributed by atoms with Crippen LogP contribution < -0.4 is 0 Å². The van der Waals surface area contributed by atoms with E-state index in [9.17, 15) is 5.11 Å². The maximum atomic E-state index is 10.3. The second-order valence-corrected chi connectivity index (χ2v) is 5.73. The molecule has 0 radical (unpaired) electrons. The van der Waals surface area contributed by atoms with Crippen LogP contribution in [-0.2, 0) is 23.4 Å². The lowest BCUT2D eigenvalue weighted by atomic mass is 10.0. The van der Waals surface area contributed by atoms with Gasteiger partial charge in [-0.3, -0.25) is 0 Å². The fourth-order valence-electron chi connectivity index (χ4n) is 2.31. The Morgan fingerprint density at radius 2 is 2.10 bits per heavy atom. The normalized spacial score (nSPS) is 17.6. The third-order valence-corrected chi connectivity index (χ3v) is 3.85. The van der Waals surface area contributed by atoms with Gasteiger partial charge < -0.3 is 14.4 Å². The highest BCUT2D eigenvalue weighted by Crippen LogP contribution is 2.44. The van der Waals surface area contributed by atoms with E-state index in [0.717, 1.165) is 18.4 Å². The minimum atomic E-state index is -0.990. The Labute approximate surface area is 123 Å². The molecule has 3 rings (SSSR count). The van der Waals surface area contributed by atoms with E-state index in [1.807, 2.05) is 30.3 Å². The van der Waals surface area contributed by atoms with Crippen LogP contribution in [0.15, 0.2) is 34.9 Å². The van der Waals surface area contributed by atoms with Gasteiger partial charge in [-0.15, -0.1) is 0 Å². The molecule has 0 spiro atoms. The molecule has 1 aliphatic carbocycles. The number of ether oxygens (including phenoxy) is 1. The lowest BCUT2D eigenvalue weighted by molar-refractivity contribution is 0.000915. The molecular formula is C16H20N2O3. The molecule has 0 amide bonds. The Balaban J connectivity index is 1.47. The summed E-state index contributed by atoms with van der Waals surface area (Å²) in [7, 11) is 0. The van der Waals surface area contributed by atoms with Crippen LogP contribution in [0.2, 0.25) is 0 Å². The zero-order chi connectivity index (χ0) is 14.7. The van der Waals surface area contributed by atoms with Crippen LogP contribution in [0.4, 0.5) is 0 Å². The van der Waals surface area contributed by atoms with Crippen molar-refractivity contribution in [1.82, 2.24) is 10.1 Å². The van der Waals surface area contributed by atoms with E-state index in [2.05, 4.69) is 10.1 Å². The van der Waals surface area contributed by atoms with Gasteiger partial charge in [-0.25, -0.2) is 0 Å². The van der Waals surface area contributed by atoms with Crippen LogP contribution in [0.1, 0.15) is 37.0 Å². The van der Waals surface area contributed by atoms with Crippen LogP contribution in [0.5, 0.6) is 0 Å². The summed E-state index contributed by atoms with van der Waals surface area (Å²) < 4.78 is 10.8. The molecule has 5 heteroatoms. The first kappa shape index (κ1) is 14.2. The number of rotatable bonds is 7. The summed E-state index contributed by atoms with van der Waals surface area (Å²) in [5.41, 5.74) is 0.152. The Bertz CT molecular complexity index is 576. The smallest absolute Gasteiger partial charge is 0.258 e. The molecule has 1 aromatic heterocycles. The Kier molecular flexibility index (Phi) is 4.03. The van der Waals surface area contributed by atoms with Crippen molar-refractivity contribution in [1.29, 1.82) is 0 Å². The predicted molar refractivity (Wildman–Crippen MR) is 76.4 cm³/mol. The maximum absolute atomic E-state index is 10.3. The molecule has 0 saturated heterocycles. The summed E-state index contributed by atoms with van der Waals surface area (Å²) in [5.74, 6) is 1.15. The van der Waals surface area contributed by atoms with E-state index in [1.54, 1.807) is 6.92 Å². The molecule has 21 heavy (non-hydrogen) atoms. The molecule has 2 aromatic rings. The van der Waals surface area contributed by atoms with Gasteiger partial charge in [0.25, 0.3) is 5.89 Å². The number of hydrogen-bond acceptors (Lipinski definition) is 5. The molecule has 112 valence electrons. The van der Waals surface area contributed by atoms with E-state index in [0.29, 0.717) is 31.3 Å². The Morgan fingerprint density at radius 1 is 1.33 bits per heavy atom. The topological polar surface area (TPSA) is 68.4 Å². The van der Waals surface area contributed by atoms with Crippen LogP contribution in [0, 0.1) is 5.92 Å². The van der Waals surface area contributed by atoms with E-state index in [4.69, 9.17) is 9.26 Å². The second kappa shape index (κ2) is 5.95. The van der Waals surface area contributed by atoms with Crippen LogP contribution in [-0.4, -0.2) is 21.9 Å². The number of benzene rings is 1. The van der Waals surface area contributed by atoms with Gasteiger partial charge in [-0.1, -0.05) is 35.5 Å². The molecule has 1 fully saturated rings. The van der Waals surface area contributed by atoms with Crippen molar-refractivity contribution >= 4 is 0 Å². The summed E-state index contributed by atoms with van der Waals surface area (Å²) in [4.78, 5) is 4.28. The summed E-state index contributed by atoms with van der Waals surface area (Å²) in [6.07, 6.45) is 2.62. The van der Waals surface area contributed by atoms with Crippen molar-refractivity contribution in [2.45, 2.75) is 38.4 Å². The van der Waals surface area contributed by atoms with Gasteiger partial charge >= 0.3 is 0 Å². The first-order valence-corrected chi connectivity index (χ1v) is 7.33. The van der Waals surface area contributed by atoms with E-state index in [-0.39, 0.29) is 5.92 Å². The minimum Gasteiger partial charge on any atom is -0.380 e. The Morgan fingerprint density at radius 3 is 2.81 bits per heavy atom. The van der Waals surface area contributed by atoms with Gasteiger partial charge in [0.2, 0.25) is 0 Å². The van der Waals surface area contributed by atoms with Gasteiger partial charge in [0, 0.05) is 6.42 Å². The zero-order valence-electron chi connectivity index (χ0n) is 12.2. The lowest BCUT2D eigenvalue weighted by Crippen LogP contribution is -2.24. The van der Waals surface area contributed by atoms with Crippen molar-refractivity contribution in [3.05, 3.63) is 47.6 Å². The Hall–Kier alpha value is -1.72. The van der Waals surface area contributed by atoms with Crippen molar-refractivity contribution in [3.8, 4) is 0 Å². The molecular weight excluding hydrogens is 268 g/mol. The molecule has 5 nitrogen and oxygen atoms in total. The van der Waals surface area contributed by atoms with Crippen molar-refractivity contribution < 1.29 is 14.4 Å². The van der Waals surface area contributed by atoms with Crippen LogP contribution in [0.25, 0.3) is 0 Å². The molecule has 1 aromatic carbocycles. The fourth-order valence-corrected chi connectivity index (χ4v) is 2.31. The molecule has 0 aliphatic heterocycles. The molecule has 1 unspecified atom stereocenters. The monoisotopic (exact) mass is 288 g/mol. The first-order chi connectivity index (χ1) is 10.2. The highest BCUT2D eigenvalue weighted by molar-refractivity contribution is 5.13. The van der Waals surface area contributed by atoms with Crippen LogP contribution >= 0.6 is 0 Å². The highest BCUT2D eigenvalue weighted by Gasteiger charge is 2.45. The third-order valence-electron chi connectivity index (χ3n) is 3.85. The van der Waals surface area contributed by atoms with Gasteiger partial charge in [0.15, 0.2) is 5.82 Å². The summed E-state index contributed by atoms with van der Waals surface area (Å²) in [6, 6.07) is 10.0. The standard InChI is InChI=1S/C16H20N2O3/c1-16(19,13-7-8-13)15-17-14(18-21-15)9-10-20-11-12-5-3-2-4-6-12/h2-6,13,19H,7-11H2,1H3. The average Bonchev–Trinajstić information content (AvgIpc) is 3.25. The lowest BCUT2D eigenvalue weighted by Gasteiger charge is -2.16. The third kappa shape index (κ3) is 3.49. The summed E-state index contributed by atoms with van der Waals surface area (Å²) >= 11 is 0. The minimum absolute atomic E-state index is 0.250. The molecule has 1 N–H and O–H groups in total. The van der Waals surface area contributed by atoms with Crippen molar-refractivity contribution in [2.75, 3.05) is 6.61 Å². The number of nitrogens with zero attached hydrogens (tertiary/aromatic N) is 2. The maximum Gasteiger partial charge on any atom is 0.258 e. The SMILES string of the molecule is CC(O)(c1nc(CCOCc2ccccc2)no1)C1CC1. The van der Waals surface area contributed by atoms with E-state index < -0.39 is 5.60 Å². The number of aromatic nitrogens is 2. The van der Waals surface area contributed by atoms with E-state index >= 15 is 0 Å². The molecule has 1 heterocycles. The molecule has 0 bridgehead atoms. The van der Waals surface area contributed by atoms with Gasteiger partial charge in [0.1, 0.15) is 5.60 Å². The molecule has 1 aliphatic rings. The van der Waals surface area contributed by atoms with Crippen LogP contribution in [0.3, 0.4) is 0 Å². The van der Waals surface area contributed by atoms with Gasteiger partial charge in [0.05, 0.1) is 13.2 Å². The van der Waals surface area contributed by atoms with Gasteiger partial charge in [-0.2, -0.15) is 4.98 Å². The quantitative estimate of drug-likeness (QED) is 0.793. The zero-order valence-corrected chi connectivity index (χ0v) is 12.2. The fraction of sp³-hybridized carbons (Fsp3) is 0.500. The first-order valence-electron chi connectivity index (χ1n) is 7.33. The predicted octanol–water partition coefficient (Wildman–Crippen LogP) is 2.45. The summed E-state index contributed by atoms with van der Waals surface area (Å²) in [6.45, 7) is 2.85. The largest absolute Gasteiger partial charge is 0.380 e.